The van der Waals surface area contributed by atoms with Crippen molar-refractivity contribution in [1.29, 1.82) is 0 Å². The minimum absolute atomic E-state index is 0.0171. The van der Waals surface area contributed by atoms with E-state index < -0.39 is 6.10 Å². The van der Waals surface area contributed by atoms with Gasteiger partial charge in [-0.1, -0.05) is 6.92 Å². The standard InChI is InChI=1S/C16H29N3O4/c1-2-8-17-16(22)19-13-7-6-12(23-14(13)10-20)9-15(21)18-11-4-3-5-11/h11-14,20H,2-10H2,1H3,(H,18,21)(H2,17,19,22)/t12-,13-,14+/m0/s1. The Bertz CT molecular complexity index is 401. The van der Waals surface area contributed by atoms with Crippen molar-refractivity contribution in [3.05, 3.63) is 0 Å². The van der Waals surface area contributed by atoms with Crippen LogP contribution in [0.1, 0.15) is 51.9 Å². The summed E-state index contributed by atoms with van der Waals surface area (Å²) in [6.45, 7) is 2.44. The van der Waals surface area contributed by atoms with Crippen molar-refractivity contribution in [2.75, 3.05) is 13.2 Å². The molecule has 0 unspecified atom stereocenters. The van der Waals surface area contributed by atoms with Crippen molar-refractivity contribution in [1.82, 2.24) is 16.0 Å². The maximum Gasteiger partial charge on any atom is 0.315 e. The molecule has 2 fully saturated rings. The van der Waals surface area contributed by atoms with Crippen LogP contribution in [0.3, 0.4) is 0 Å². The molecule has 2 aliphatic rings. The van der Waals surface area contributed by atoms with Gasteiger partial charge in [-0.25, -0.2) is 4.79 Å². The lowest BCUT2D eigenvalue weighted by atomic mass is 9.92. The van der Waals surface area contributed by atoms with E-state index in [0.29, 0.717) is 31.8 Å². The van der Waals surface area contributed by atoms with E-state index in [2.05, 4.69) is 16.0 Å². The van der Waals surface area contributed by atoms with Crippen molar-refractivity contribution in [2.24, 2.45) is 0 Å². The molecule has 132 valence electrons. The average molecular weight is 327 g/mol. The fourth-order valence-corrected chi connectivity index (χ4v) is 2.95. The van der Waals surface area contributed by atoms with E-state index in [4.69, 9.17) is 4.74 Å². The molecular weight excluding hydrogens is 298 g/mol. The fraction of sp³-hybridized carbons (Fsp3) is 0.875. The highest BCUT2D eigenvalue weighted by Crippen LogP contribution is 2.23. The van der Waals surface area contributed by atoms with E-state index >= 15 is 0 Å². The summed E-state index contributed by atoms with van der Waals surface area (Å²) in [4.78, 5) is 23.7. The van der Waals surface area contributed by atoms with Gasteiger partial charge in [0, 0.05) is 12.6 Å². The molecule has 7 nitrogen and oxygen atoms in total. The highest BCUT2D eigenvalue weighted by molar-refractivity contribution is 5.77. The van der Waals surface area contributed by atoms with Crippen LogP contribution < -0.4 is 16.0 Å². The van der Waals surface area contributed by atoms with Crippen LogP contribution in [0.4, 0.5) is 4.79 Å². The van der Waals surface area contributed by atoms with Crippen LogP contribution in [0.25, 0.3) is 0 Å². The number of carbonyl (C=O) groups excluding carboxylic acids is 2. The molecular formula is C16H29N3O4. The summed E-state index contributed by atoms with van der Waals surface area (Å²) >= 11 is 0. The highest BCUT2D eigenvalue weighted by Gasteiger charge is 2.33. The van der Waals surface area contributed by atoms with E-state index in [1.165, 1.54) is 6.42 Å². The minimum atomic E-state index is -0.461. The Kier molecular flexibility index (Phi) is 7.11. The molecule has 0 radical (unpaired) electrons. The van der Waals surface area contributed by atoms with Crippen LogP contribution in [-0.4, -0.2) is 54.5 Å². The monoisotopic (exact) mass is 327 g/mol. The third-order valence-electron chi connectivity index (χ3n) is 4.53. The lowest BCUT2D eigenvalue weighted by Gasteiger charge is -2.36. The van der Waals surface area contributed by atoms with E-state index in [1.807, 2.05) is 6.92 Å². The number of aliphatic hydroxyl groups is 1. The van der Waals surface area contributed by atoms with Gasteiger partial charge in [-0.3, -0.25) is 4.79 Å². The highest BCUT2D eigenvalue weighted by atomic mass is 16.5. The Morgan fingerprint density at radius 3 is 2.57 bits per heavy atom. The van der Waals surface area contributed by atoms with E-state index in [9.17, 15) is 14.7 Å². The number of urea groups is 1. The second-order valence-electron chi connectivity index (χ2n) is 6.46. The first-order chi connectivity index (χ1) is 11.1. The van der Waals surface area contributed by atoms with Crippen LogP contribution in [-0.2, 0) is 9.53 Å². The van der Waals surface area contributed by atoms with Gasteiger partial charge in [0.15, 0.2) is 0 Å². The Hall–Kier alpha value is -1.34. The maximum atomic E-state index is 12.0. The Morgan fingerprint density at radius 1 is 1.17 bits per heavy atom. The molecule has 1 aliphatic carbocycles. The second-order valence-corrected chi connectivity index (χ2v) is 6.46. The Morgan fingerprint density at radius 2 is 1.96 bits per heavy atom. The van der Waals surface area contributed by atoms with Crippen molar-refractivity contribution < 1.29 is 19.4 Å². The van der Waals surface area contributed by atoms with Gasteiger partial charge >= 0.3 is 6.03 Å². The lowest BCUT2D eigenvalue weighted by molar-refractivity contribution is -0.131. The quantitative estimate of drug-likeness (QED) is 0.552. The molecule has 1 aliphatic heterocycles. The molecule has 7 heteroatoms. The zero-order valence-electron chi connectivity index (χ0n) is 13.8. The lowest BCUT2D eigenvalue weighted by Crippen LogP contribution is -2.54. The molecule has 0 aromatic carbocycles. The number of amides is 3. The molecule has 1 heterocycles. The number of hydrogen-bond donors (Lipinski definition) is 4. The van der Waals surface area contributed by atoms with Gasteiger partial charge in [-0.05, 0) is 38.5 Å². The van der Waals surface area contributed by atoms with Gasteiger partial charge < -0.3 is 25.8 Å². The third kappa shape index (κ3) is 5.66. The summed E-state index contributed by atoms with van der Waals surface area (Å²) in [6.07, 6.45) is 5.26. The number of carbonyl (C=O) groups is 2. The van der Waals surface area contributed by atoms with Crippen LogP contribution in [0.15, 0.2) is 0 Å². The molecule has 1 saturated carbocycles. The summed E-state index contributed by atoms with van der Waals surface area (Å²) in [7, 11) is 0. The molecule has 0 aromatic rings. The number of rotatable bonds is 7. The Labute approximate surface area is 137 Å². The summed E-state index contributed by atoms with van der Waals surface area (Å²) < 4.78 is 5.80. The predicted molar refractivity (Wildman–Crippen MR) is 86.0 cm³/mol. The molecule has 0 bridgehead atoms. The zero-order valence-corrected chi connectivity index (χ0v) is 13.8. The van der Waals surface area contributed by atoms with Crippen molar-refractivity contribution >= 4 is 11.9 Å². The second kappa shape index (κ2) is 9.08. The van der Waals surface area contributed by atoms with Gasteiger partial charge in [-0.2, -0.15) is 0 Å². The predicted octanol–water partition coefficient (Wildman–Crippen LogP) is 0.663. The molecule has 3 amide bonds. The largest absolute Gasteiger partial charge is 0.394 e. The zero-order chi connectivity index (χ0) is 16.7. The number of hydrogen-bond acceptors (Lipinski definition) is 4. The summed E-state index contributed by atoms with van der Waals surface area (Å²) in [5, 5.41) is 18.1. The molecule has 23 heavy (non-hydrogen) atoms. The molecule has 0 aromatic heterocycles. The smallest absolute Gasteiger partial charge is 0.315 e. The van der Waals surface area contributed by atoms with E-state index in [1.54, 1.807) is 0 Å². The number of nitrogens with one attached hydrogen (secondary N) is 3. The van der Waals surface area contributed by atoms with Gasteiger partial charge in [0.2, 0.25) is 5.91 Å². The van der Waals surface area contributed by atoms with E-state index in [0.717, 1.165) is 19.3 Å². The first-order valence-corrected chi connectivity index (χ1v) is 8.72. The van der Waals surface area contributed by atoms with Crippen LogP contribution in [0.5, 0.6) is 0 Å². The molecule has 1 saturated heterocycles. The molecule has 2 rings (SSSR count). The summed E-state index contributed by atoms with van der Waals surface area (Å²) in [5.74, 6) is 0.0171. The Balaban J connectivity index is 1.73. The van der Waals surface area contributed by atoms with Crippen LogP contribution >= 0.6 is 0 Å². The average Bonchev–Trinajstić information content (AvgIpc) is 2.50. The minimum Gasteiger partial charge on any atom is -0.394 e. The van der Waals surface area contributed by atoms with Crippen molar-refractivity contribution in [2.45, 2.75) is 76.2 Å². The molecule has 0 spiro atoms. The van der Waals surface area contributed by atoms with E-state index in [-0.39, 0.29) is 30.7 Å². The van der Waals surface area contributed by atoms with Gasteiger partial charge in [0.1, 0.15) is 6.10 Å². The number of ether oxygens (including phenoxy) is 1. The number of aliphatic hydroxyl groups excluding tert-OH is 1. The third-order valence-corrected chi connectivity index (χ3v) is 4.53. The summed E-state index contributed by atoms with van der Waals surface area (Å²) in [5.41, 5.74) is 0. The molecule has 4 N–H and O–H groups in total. The first-order valence-electron chi connectivity index (χ1n) is 8.72. The first kappa shape index (κ1) is 18.0. The topological polar surface area (TPSA) is 99.7 Å². The SMILES string of the molecule is CCCNC(=O)N[C@H]1CC[C@@H](CC(=O)NC2CCC2)O[C@@H]1CO. The van der Waals surface area contributed by atoms with Gasteiger partial charge in [0.05, 0.1) is 25.2 Å². The summed E-state index contributed by atoms with van der Waals surface area (Å²) in [6, 6.07) is -0.126. The normalized spacial score (nSPS) is 27.8. The maximum absolute atomic E-state index is 12.0. The van der Waals surface area contributed by atoms with Crippen molar-refractivity contribution in [3.63, 3.8) is 0 Å². The van der Waals surface area contributed by atoms with Crippen LogP contribution in [0.2, 0.25) is 0 Å². The van der Waals surface area contributed by atoms with Gasteiger partial charge in [-0.15, -0.1) is 0 Å². The fourth-order valence-electron chi connectivity index (χ4n) is 2.95. The van der Waals surface area contributed by atoms with Crippen molar-refractivity contribution in [3.8, 4) is 0 Å². The van der Waals surface area contributed by atoms with Gasteiger partial charge in [0.25, 0.3) is 0 Å². The van der Waals surface area contributed by atoms with Crippen LogP contribution in [0, 0.1) is 0 Å². The molecule has 3 atom stereocenters.